The van der Waals surface area contributed by atoms with Crippen molar-refractivity contribution in [2.24, 2.45) is 5.92 Å². The van der Waals surface area contributed by atoms with Gasteiger partial charge in [-0.2, -0.15) is 9.78 Å². The fourth-order valence-electron chi connectivity index (χ4n) is 3.82. The van der Waals surface area contributed by atoms with Crippen molar-refractivity contribution in [3.8, 4) is 17.3 Å². The molecule has 0 amide bonds. The Kier molecular flexibility index (Phi) is 6.68. The molecule has 0 radical (unpaired) electrons. The van der Waals surface area contributed by atoms with Crippen LogP contribution in [-0.4, -0.2) is 36.2 Å². The summed E-state index contributed by atoms with van der Waals surface area (Å²) in [5.41, 5.74) is -0.785. The Morgan fingerprint density at radius 2 is 1.76 bits per heavy atom. The van der Waals surface area contributed by atoms with Crippen LogP contribution in [0, 0.1) is 12.8 Å². The summed E-state index contributed by atoms with van der Waals surface area (Å²) in [6, 6.07) is 4.37. The molecule has 3 N–H and O–H groups in total. The summed E-state index contributed by atoms with van der Waals surface area (Å²) in [5.74, 6) is 0.484. The quantitative estimate of drug-likeness (QED) is 0.495. The Bertz CT molecular complexity index is 1340. The summed E-state index contributed by atoms with van der Waals surface area (Å²) < 4.78 is 6.72. The molecular weight excluding hydrogens is 473 g/mol. The Morgan fingerprint density at radius 3 is 2.42 bits per heavy atom. The minimum atomic E-state index is -0.742. The van der Waals surface area contributed by atoms with E-state index in [1.165, 1.54) is 19.1 Å². The number of hydrogen-bond donors (Lipinski definition) is 3. The number of aliphatic hydroxyl groups is 1. The lowest BCUT2D eigenvalue weighted by atomic mass is 9.84. The van der Waals surface area contributed by atoms with Gasteiger partial charge in [-0.1, -0.05) is 23.2 Å². The van der Waals surface area contributed by atoms with Crippen LogP contribution in [0.25, 0.3) is 5.69 Å². The average Bonchev–Trinajstić information content (AvgIpc) is 2.77. The SMILES string of the molecule is Cc1nn(-c2cc(Cl)c(Oc3cc(CC4CCC(O)CC4)c(=O)[nH]n3)c(Cl)c2)c(=O)[nH]c1=O. The predicted octanol–water partition coefficient (Wildman–Crippen LogP) is 2.51. The van der Waals surface area contributed by atoms with E-state index in [0.717, 1.165) is 30.4 Å². The average molecular weight is 494 g/mol. The van der Waals surface area contributed by atoms with Crippen LogP contribution in [0.4, 0.5) is 0 Å². The van der Waals surface area contributed by atoms with Gasteiger partial charge in [-0.25, -0.2) is 9.89 Å². The van der Waals surface area contributed by atoms with Gasteiger partial charge in [0.05, 0.1) is 21.8 Å². The molecule has 4 rings (SSSR count). The van der Waals surface area contributed by atoms with Gasteiger partial charge < -0.3 is 9.84 Å². The molecule has 0 atom stereocenters. The van der Waals surface area contributed by atoms with Crippen LogP contribution < -0.4 is 21.5 Å². The van der Waals surface area contributed by atoms with Crippen LogP contribution >= 0.6 is 23.2 Å². The predicted molar refractivity (Wildman–Crippen MR) is 122 cm³/mol. The van der Waals surface area contributed by atoms with Crippen molar-refractivity contribution in [3.63, 3.8) is 0 Å². The first-order chi connectivity index (χ1) is 15.7. The highest BCUT2D eigenvalue weighted by Gasteiger charge is 2.21. The van der Waals surface area contributed by atoms with Gasteiger partial charge in [0.2, 0.25) is 5.88 Å². The maximum Gasteiger partial charge on any atom is 0.349 e. The Balaban J connectivity index is 1.60. The van der Waals surface area contributed by atoms with E-state index in [9.17, 15) is 19.5 Å². The molecule has 10 nitrogen and oxygen atoms in total. The van der Waals surface area contributed by atoms with E-state index in [-0.39, 0.29) is 44.7 Å². The lowest BCUT2D eigenvalue weighted by Gasteiger charge is -2.25. The number of nitrogens with one attached hydrogen (secondary N) is 2. The number of aromatic nitrogens is 5. The number of hydrogen-bond acceptors (Lipinski definition) is 7. The molecule has 1 aromatic carbocycles. The number of rotatable bonds is 5. The number of halogens is 2. The molecule has 1 aliphatic rings. The molecule has 3 aromatic rings. The summed E-state index contributed by atoms with van der Waals surface area (Å²) in [6.45, 7) is 1.46. The third-order valence-electron chi connectivity index (χ3n) is 5.61. The number of aromatic amines is 2. The molecule has 0 aliphatic heterocycles. The van der Waals surface area contributed by atoms with Crippen LogP contribution in [0.1, 0.15) is 36.9 Å². The Hall–Kier alpha value is -2.95. The van der Waals surface area contributed by atoms with Crippen molar-refractivity contribution in [2.45, 2.75) is 45.1 Å². The summed E-state index contributed by atoms with van der Waals surface area (Å²) in [4.78, 5) is 38.1. The van der Waals surface area contributed by atoms with Crippen molar-refractivity contribution in [1.29, 1.82) is 0 Å². The standard InChI is InChI=1S/C21H21Cl2N5O5/c1-10-19(30)24-21(32)28(27-10)13-8-15(22)18(16(23)9-13)33-17-7-12(20(31)26-25-17)6-11-2-4-14(29)5-3-11/h7-9,11,14,29H,2-6H2,1H3,(H,26,31)(H,24,30,32). The van der Waals surface area contributed by atoms with E-state index in [1.54, 1.807) is 6.07 Å². The Labute approximate surface area is 197 Å². The van der Waals surface area contributed by atoms with E-state index in [1.807, 2.05) is 0 Å². The van der Waals surface area contributed by atoms with Crippen LogP contribution in [0.2, 0.25) is 10.0 Å². The third-order valence-corrected chi connectivity index (χ3v) is 6.17. The van der Waals surface area contributed by atoms with Gasteiger partial charge in [-0.15, -0.1) is 5.10 Å². The van der Waals surface area contributed by atoms with Crippen molar-refractivity contribution < 1.29 is 9.84 Å². The second-order valence-electron chi connectivity index (χ2n) is 8.04. The topological polar surface area (TPSA) is 143 Å². The van der Waals surface area contributed by atoms with Crippen LogP contribution in [0.3, 0.4) is 0 Å². The molecule has 2 heterocycles. The van der Waals surface area contributed by atoms with E-state index >= 15 is 0 Å². The number of aryl methyl sites for hydroxylation is 1. The fourth-order valence-corrected chi connectivity index (χ4v) is 4.37. The lowest BCUT2D eigenvalue weighted by molar-refractivity contribution is 0.108. The first kappa shape index (κ1) is 23.2. The highest BCUT2D eigenvalue weighted by Crippen LogP contribution is 2.37. The van der Waals surface area contributed by atoms with Crippen LogP contribution in [-0.2, 0) is 6.42 Å². The lowest BCUT2D eigenvalue weighted by Crippen LogP contribution is -2.32. The van der Waals surface area contributed by atoms with Crippen LogP contribution in [0.15, 0.2) is 32.6 Å². The highest BCUT2D eigenvalue weighted by atomic mass is 35.5. The van der Waals surface area contributed by atoms with E-state index in [4.69, 9.17) is 27.9 Å². The number of nitrogens with zero attached hydrogens (tertiary/aromatic N) is 3. The minimum Gasteiger partial charge on any atom is -0.434 e. The first-order valence-corrected chi connectivity index (χ1v) is 11.1. The third kappa shape index (κ3) is 5.18. The largest absolute Gasteiger partial charge is 0.434 e. The van der Waals surface area contributed by atoms with Gasteiger partial charge in [0, 0.05) is 11.6 Å². The van der Waals surface area contributed by atoms with E-state index < -0.39 is 11.2 Å². The van der Waals surface area contributed by atoms with E-state index in [2.05, 4.69) is 20.3 Å². The van der Waals surface area contributed by atoms with Crippen molar-refractivity contribution in [2.75, 3.05) is 0 Å². The summed E-state index contributed by atoms with van der Waals surface area (Å²) in [7, 11) is 0. The summed E-state index contributed by atoms with van der Waals surface area (Å²) in [5, 5.41) is 20.1. The first-order valence-electron chi connectivity index (χ1n) is 10.4. The Morgan fingerprint density at radius 1 is 1.09 bits per heavy atom. The van der Waals surface area contributed by atoms with Crippen molar-refractivity contribution in [1.82, 2.24) is 25.0 Å². The maximum atomic E-state index is 12.2. The number of ether oxygens (including phenoxy) is 1. The number of aliphatic hydroxyl groups excluding tert-OH is 1. The molecule has 1 fully saturated rings. The molecule has 0 saturated heterocycles. The molecular formula is C21H21Cl2N5O5. The van der Waals surface area contributed by atoms with Gasteiger partial charge in [0.15, 0.2) is 5.75 Å². The zero-order valence-electron chi connectivity index (χ0n) is 17.6. The molecule has 0 unspecified atom stereocenters. The van der Waals surface area contributed by atoms with Gasteiger partial charge >= 0.3 is 5.69 Å². The molecule has 2 aromatic heterocycles. The molecule has 1 aliphatic carbocycles. The monoisotopic (exact) mass is 493 g/mol. The highest BCUT2D eigenvalue weighted by molar-refractivity contribution is 6.37. The second-order valence-corrected chi connectivity index (χ2v) is 8.85. The molecule has 1 saturated carbocycles. The number of H-pyrrole nitrogens is 2. The van der Waals surface area contributed by atoms with Crippen molar-refractivity contribution in [3.05, 3.63) is 70.7 Å². The van der Waals surface area contributed by atoms with Gasteiger partial charge in [-0.3, -0.25) is 14.6 Å². The molecule has 33 heavy (non-hydrogen) atoms. The molecule has 12 heteroatoms. The van der Waals surface area contributed by atoms with E-state index in [0.29, 0.717) is 17.9 Å². The molecule has 0 bridgehead atoms. The summed E-state index contributed by atoms with van der Waals surface area (Å²) >= 11 is 12.7. The minimum absolute atomic E-state index is 0.0749. The van der Waals surface area contributed by atoms with Gasteiger partial charge in [0.25, 0.3) is 11.1 Å². The van der Waals surface area contributed by atoms with Gasteiger partial charge in [-0.05, 0) is 57.1 Å². The van der Waals surface area contributed by atoms with Crippen molar-refractivity contribution >= 4 is 23.2 Å². The van der Waals surface area contributed by atoms with Gasteiger partial charge in [0.1, 0.15) is 5.69 Å². The molecule has 0 spiro atoms. The zero-order valence-corrected chi connectivity index (χ0v) is 19.1. The second kappa shape index (κ2) is 9.50. The molecule has 174 valence electrons. The summed E-state index contributed by atoms with van der Waals surface area (Å²) in [6.07, 6.45) is 3.41. The fraction of sp³-hybridized carbons (Fsp3) is 0.381. The zero-order chi connectivity index (χ0) is 23.7. The number of benzene rings is 1. The maximum absolute atomic E-state index is 12.2. The smallest absolute Gasteiger partial charge is 0.349 e. The normalized spacial score (nSPS) is 18.3. The van der Waals surface area contributed by atoms with Crippen LogP contribution in [0.5, 0.6) is 11.6 Å².